The smallest absolute Gasteiger partial charge is 0.305 e. The van der Waals surface area contributed by atoms with Crippen molar-refractivity contribution in [1.82, 2.24) is 0 Å². The van der Waals surface area contributed by atoms with Crippen LogP contribution in [-0.4, -0.2) is 23.8 Å². The van der Waals surface area contributed by atoms with Gasteiger partial charge in [-0.25, -0.2) is 0 Å². The maximum atomic E-state index is 10.8. The van der Waals surface area contributed by atoms with Gasteiger partial charge in [0.1, 0.15) is 0 Å². The van der Waals surface area contributed by atoms with Crippen molar-refractivity contribution in [3.63, 3.8) is 0 Å². The van der Waals surface area contributed by atoms with E-state index in [1.165, 1.54) is 0 Å². The van der Waals surface area contributed by atoms with Crippen LogP contribution < -0.4 is 0 Å². The van der Waals surface area contributed by atoms with Crippen LogP contribution in [0.4, 0.5) is 0 Å². The van der Waals surface area contributed by atoms with E-state index in [0.717, 1.165) is 6.42 Å². The van der Waals surface area contributed by atoms with Gasteiger partial charge in [0.25, 0.3) is 0 Å². The first kappa shape index (κ1) is 11.4. The van der Waals surface area contributed by atoms with Gasteiger partial charge in [-0.3, -0.25) is 4.79 Å². The highest BCUT2D eigenvalue weighted by Gasteiger charge is 2.04. The van der Waals surface area contributed by atoms with Gasteiger partial charge in [0.15, 0.2) is 0 Å². The fourth-order valence-electron chi connectivity index (χ4n) is 0.919. The van der Waals surface area contributed by atoms with Gasteiger partial charge in [-0.1, -0.05) is 6.92 Å². The summed E-state index contributed by atoms with van der Waals surface area (Å²) in [5.41, 5.74) is 0. The number of rotatable bonds is 6. The van der Waals surface area contributed by atoms with Crippen molar-refractivity contribution in [1.29, 1.82) is 0 Å². The summed E-state index contributed by atoms with van der Waals surface area (Å²) in [6.45, 7) is 4.16. The normalized spacial score (nSPS) is 12.6. The van der Waals surface area contributed by atoms with Crippen LogP contribution in [0.1, 0.15) is 39.5 Å². The standard InChI is InChI=1S/C9H18O3/c1-3-8(10)6-5-7-9(11)12-4-2/h8,10H,3-7H2,1-2H3/t8-/m0/s1. The van der Waals surface area contributed by atoms with Gasteiger partial charge in [-0.2, -0.15) is 0 Å². The fourth-order valence-corrected chi connectivity index (χ4v) is 0.919. The first-order valence-corrected chi connectivity index (χ1v) is 4.54. The number of aliphatic hydroxyl groups excluding tert-OH is 1. The molecule has 0 aromatic rings. The van der Waals surface area contributed by atoms with Crippen LogP contribution in [0.5, 0.6) is 0 Å². The van der Waals surface area contributed by atoms with E-state index in [1.807, 2.05) is 6.92 Å². The predicted molar refractivity (Wildman–Crippen MR) is 46.8 cm³/mol. The molecule has 0 aliphatic rings. The average molecular weight is 174 g/mol. The van der Waals surface area contributed by atoms with Crippen molar-refractivity contribution < 1.29 is 14.6 Å². The Kier molecular flexibility index (Phi) is 6.76. The van der Waals surface area contributed by atoms with Gasteiger partial charge in [-0.05, 0) is 26.2 Å². The molecule has 0 aliphatic carbocycles. The third-order valence-corrected chi connectivity index (χ3v) is 1.69. The molecule has 12 heavy (non-hydrogen) atoms. The number of esters is 1. The molecule has 0 unspecified atom stereocenters. The van der Waals surface area contributed by atoms with E-state index in [4.69, 9.17) is 9.84 Å². The topological polar surface area (TPSA) is 46.5 Å². The summed E-state index contributed by atoms with van der Waals surface area (Å²) in [5.74, 6) is -0.166. The molecule has 0 saturated carbocycles. The van der Waals surface area contributed by atoms with Crippen LogP contribution in [0.2, 0.25) is 0 Å². The minimum atomic E-state index is -0.264. The zero-order valence-electron chi connectivity index (χ0n) is 7.88. The second-order valence-electron chi connectivity index (χ2n) is 2.76. The monoisotopic (exact) mass is 174 g/mol. The SMILES string of the molecule is CCOC(=O)CCC[C@@H](O)CC. The summed E-state index contributed by atoms with van der Waals surface area (Å²) < 4.78 is 4.74. The quantitative estimate of drug-likeness (QED) is 0.620. The number of ether oxygens (including phenoxy) is 1. The Labute approximate surface area is 73.7 Å². The van der Waals surface area contributed by atoms with E-state index in [2.05, 4.69) is 0 Å². The summed E-state index contributed by atoms with van der Waals surface area (Å²) in [5, 5.41) is 9.15. The zero-order chi connectivity index (χ0) is 9.40. The van der Waals surface area contributed by atoms with Crippen LogP contribution in [0, 0.1) is 0 Å². The lowest BCUT2D eigenvalue weighted by molar-refractivity contribution is -0.143. The van der Waals surface area contributed by atoms with Gasteiger partial charge in [0, 0.05) is 6.42 Å². The summed E-state index contributed by atoms with van der Waals surface area (Å²) in [4.78, 5) is 10.8. The molecule has 0 saturated heterocycles. The second-order valence-corrected chi connectivity index (χ2v) is 2.76. The van der Waals surface area contributed by atoms with Crippen LogP contribution in [0.25, 0.3) is 0 Å². The Balaban J connectivity index is 3.24. The Bertz CT molecular complexity index is 123. The van der Waals surface area contributed by atoms with Gasteiger partial charge >= 0.3 is 5.97 Å². The van der Waals surface area contributed by atoms with Crippen LogP contribution in [0.3, 0.4) is 0 Å². The Morgan fingerprint density at radius 2 is 2.17 bits per heavy atom. The van der Waals surface area contributed by atoms with Crippen molar-refractivity contribution in [2.45, 2.75) is 45.6 Å². The van der Waals surface area contributed by atoms with Crippen LogP contribution in [-0.2, 0) is 9.53 Å². The molecule has 0 aromatic heterocycles. The number of hydrogen-bond donors (Lipinski definition) is 1. The predicted octanol–water partition coefficient (Wildman–Crippen LogP) is 1.49. The lowest BCUT2D eigenvalue weighted by Gasteiger charge is -2.06. The average Bonchev–Trinajstić information content (AvgIpc) is 2.04. The summed E-state index contributed by atoms with van der Waals surface area (Å²) in [6.07, 6.45) is 2.32. The molecule has 0 heterocycles. The van der Waals surface area contributed by atoms with E-state index in [0.29, 0.717) is 25.9 Å². The molecule has 3 heteroatoms. The van der Waals surface area contributed by atoms with Gasteiger partial charge in [-0.15, -0.1) is 0 Å². The minimum Gasteiger partial charge on any atom is -0.466 e. The molecule has 0 fully saturated rings. The molecule has 0 amide bonds. The van der Waals surface area contributed by atoms with Gasteiger partial charge in [0.2, 0.25) is 0 Å². The second kappa shape index (κ2) is 7.10. The molecule has 0 bridgehead atoms. The number of aliphatic hydroxyl groups is 1. The van der Waals surface area contributed by atoms with Gasteiger partial charge in [0.05, 0.1) is 12.7 Å². The summed E-state index contributed by atoms with van der Waals surface area (Å²) in [6, 6.07) is 0. The molecule has 3 nitrogen and oxygen atoms in total. The Morgan fingerprint density at radius 3 is 2.67 bits per heavy atom. The summed E-state index contributed by atoms with van der Waals surface area (Å²) >= 11 is 0. The highest BCUT2D eigenvalue weighted by atomic mass is 16.5. The zero-order valence-corrected chi connectivity index (χ0v) is 7.88. The maximum absolute atomic E-state index is 10.8. The molecular formula is C9H18O3. The molecule has 0 radical (unpaired) electrons. The third kappa shape index (κ3) is 6.16. The maximum Gasteiger partial charge on any atom is 0.305 e. The molecule has 72 valence electrons. The highest BCUT2D eigenvalue weighted by Crippen LogP contribution is 2.04. The van der Waals surface area contributed by atoms with Crippen molar-refractivity contribution >= 4 is 5.97 Å². The molecule has 0 aliphatic heterocycles. The lowest BCUT2D eigenvalue weighted by Crippen LogP contribution is -2.07. The molecule has 0 spiro atoms. The van der Waals surface area contributed by atoms with Crippen molar-refractivity contribution in [2.75, 3.05) is 6.61 Å². The first-order valence-electron chi connectivity index (χ1n) is 4.54. The van der Waals surface area contributed by atoms with Crippen molar-refractivity contribution in [2.24, 2.45) is 0 Å². The molecule has 1 atom stereocenters. The van der Waals surface area contributed by atoms with E-state index in [-0.39, 0.29) is 12.1 Å². The number of hydrogen-bond acceptors (Lipinski definition) is 3. The van der Waals surface area contributed by atoms with Crippen LogP contribution >= 0.6 is 0 Å². The fraction of sp³-hybridized carbons (Fsp3) is 0.889. The van der Waals surface area contributed by atoms with E-state index < -0.39 is 0 Å². The first-order chi connectivity index (χ1) is 5.70. The Hall–Kier alpha value is -0.570. The van der Waals surface area contributed by atoms with Gasteiger partial charge < -0.3 is 9.84 Å². The van der Waals surface area contributed by atoms with E-state index >= 15 is 0 Å². The number of carbonyl (C=O) groups excluding carboxylic acids is 1. The molecule has 1 N–H and O–H groups in total. The Morgan fingerprint density at radius 1 is 1.50 bits per heavy atom. The highest BCUT2D eigenvalue weighted by molar-refractivity contribution is 5.69. The van der Waals surface area contributed by atoms with Crippen molar-refractivity contribution in [3.05, 3.63) is 0 Å². The molecule has 0 rings (SSSR count). The third-order valence-electron chi connectivity index (χ3n) is 1.69. The molecule has 0 aromatic carbocycles. The largest absolute Gasteiger partial charge is 0.466 e. The lowest BCUT2D eigenvalue weighted by atomic mass is 10.1. The van der Waals surface area contributed by atoms with E-state index in [1.54, 1.807) is 6.92 Å². The minimum absolute atomic E-state index is 0.166. The van der Waals surface area contributed by atoms with Crippen LogP contribution in [0.15, 0.2) is 0 Å². The summed E-state index contributed by atoms with van der Waals surface area (Å²) in [7, 11) is 0. The number of carbonyl (C=O) groups is 1. The van der Waals surface area contributed by atoms with Crippen molar-refractivity contribution in [3.8, 4) is 0 Å². The molecular weight excluding hydrogens is 156 g/mol. The van der Waals surface area contributed by atoms with E-state index in [9.17, 15) is 4.79 Å².